The topological polar surface area (TPSA) is 66.8 Å². The SMILES string of the molecule is C=C(C)C1(CCC(C)=CCCC(=CCC2OC(=O)C=C2CO)CO)CCCC1C. The number of allylic oxidation sites excluding steroid dienone is 3. The highest BCUT2D eigenvalue weighted by Gasteiger charge is 2.40. The number of aliphatic hydroxyl groups is 2. The fourth-order valence-electron chi connectivity index (χ4n) is 4.85. The minimum atomic E-state index is -0.405. The van der Waals surface area contributed by atoms with Gasteiger partial charge in [0.1, 0.15) is 6.10 Å². The van der Waals surface area contributed by atoms with E-state index >= 15 is 0 Å². The molecule has 2 N–H and O–H groups in total. The highest BCUT2D eigenvalue weighted by atomic mass is 16.5. The molecule has 0 aromatic carbocycles. The molecule has 0 aromatic heterocycles. The van der Waals surface area contributed by atoms with E-state index in [4.69, 9.17) is 4.74 Å². The number of hydrogen-bond acceptors (Lipinski definition) is 4. The number of ether oxygens (including phenoxy) is 1. The van der Waals surface area contributed by atoms with Crippen molar-refractivity contribution in [3.8, 4) is 0 Å². The Morgan fingerprint density at radius 1 is 1.31 bits per heavy atom. The molecule has 0 saturated heterocycles. The summed E-state index contributed by atoms with van der Waals surface area (Å²) < 4.78 is 5.18. The van der Waals surface area contributed by atoms with Crippen molar-refractivity contribution >= 4 is 5.97 Å². The molecule has 0 bridgehead atoms. The summed E-state index contributed by atoms with van der Waals surface area (Å²) in [5.41, 5.74) is 4.59. The van der Waals surface area contributed by atoms with Gasteiger partial charge in [-0.05, 0) is 69.3 Å². The standard InChI is InChI=1S/C25H38O4/c1-18(2)25(13-6-8-20(25)4)14-12-19(3)7-5-9-21(16-26)10-11-23-22(17-27)15-24(28)29-23/h7,10,15,20,23,26-27H,1,5-6,8-9,11-14,16-17H2,2-4H3. The quantitative estimate of drug-likeness (QED) is 0.376. The molecule has 1 aliphatic heterocycles. The van der Waals surface area contributed by atoms with Gasteiger partial charge in [-0.2, -0.15) is 0 Å². The van der Waals surface area contributed by atoms with Crippen molar-refractivity contribution in [2.45, 2.75) is 78.2 Å². The average molecular weight is 403 g/mol. The normalized spacial score (nSPS) is 27.9. The zero-order chi connectivity index (χ0) is 21.4. The molecule has 2 aliphatic rings. The van der Waals surface area contributed by atoms with Crippen LogP contribution in [-0.2, 0) is 9.53 Å². The van der Waals surface area contributed by atoms with Gasteiger partial charge in [-0.25, -0.2) is 4.79 Å². The molecule has 3 unspecified atom stereocenters. The molecule has 1 fully saturated rings. The van der Waals surface area contributed by atoms with E-state index in [1.807, 2.05) is 6.08 Å². The van der Waals surface area contributed by atoms with Gasteiger partial charge >= 0.3 is 5.97 Å². The maximum atomic E-state index is 11.3. The first kappa shape index (κ1) is 23.6. The first-order valence-corrected chi connectivity index (χ1v) is 10.9. The molecule has 162 valence electrons. The van der Waals surface area contributed by atoms with Gasteiger partial charge in [0, 0.05) is 18.1 Å². The van der Waals surface area contributed by atoms with Crippen LogP contribution in [0.25, 0.3) is 0 Å². The van der Waals surface area contributed by atoms with Crippen LogP contribution in [0.1, 0.15) is 72.1 Å². The molecule has 2 rings (SSSR count). The van der Waals surface area contributed by atoms with E-state index in [-0.39, 0.29) is 13.2 Å². The second kappa shape index (κ2) is 10.9. The van der Waals surface area contributed by atoms with Gasteiger partial charge in [0.2, 0.25) is 0 Å². The average Bonchev–Trinajstić information content (AvgIpc) is 3.25. The van der Waals surface area contributed by atoms with Crippen LogP contribution in [0.4, 0.5) is 0 Å². The van der Waals surface area contributed by atoms with Gasteiger partial charge in [-0.1, -0.05) is 43.2 Å². The number of rotatable bonds is 11. The molecule has 4 heteroatoms. The first-order valence-electron chi connectivity index (χ1n) is 10.9. The minimum Gasteiger partial charge on any atom is -0.454 e. The second-order valence-corrected chi connectivity index (χ2v) is 8.88. The third-order valence-corrected chi connectivity index (χ3v) is 6.96. The van der Waals surface area contributed by atoms with Crippen LogP contribution < -0.4 is 0 Å². The maximum Gasteiger partial charge on any atom is 0.331 e. The Hall–Kier alpha value is -1.65. The Labute approximate surface area is 176 Å². The fourth-order valence-corrected chi connectivity index (χ4v) is 4.85. The summed E-state index contributed by atoms with van der Waals surface area (Å²) in [6.45, 7) is 10.9. The van der Waals surface area contributed by atoms with Crippen molar-refractivity contribution in [1.82, 2.24) is 0 Å². The second-order valence-electron chi connectivity index (χ2n) is 8.88. The number of hydrogen-bond donors (Lipinski definition) is 2. The smallest absolute Gasteiger partial charge is 0.331 e. The summed E-state index contributed by atoms with van der Waals surface area (Å²) in [6.07, 6.45) is 13.5. The predicted molar refractivity (Wildman–Crippen MR) is 117 cm³/mol. The van der Waals surface area contributed by atoms with Crippen molar-refractivity contribution < 1.29 is 19.7 Å². The first-order chi connectivity index (χ1) is 13.8. The van der Waals surface area contributed by atoms with Crippen molar-refractivity contribution in [3.05, 3.63) is 47.1 Å². The number of carbonyl (C=O) groups is 1. The summed E-state index contributed by atoms with van der Waals surface area (Å²) in [5, 5.41) is 18.9. The third kappa shape index (κ3) is 6.16. The molecular formula is C25H38O4. The van der Waals surface area contributed by atoms with E-state index in [0.29, 0.717) is 17.4 Å². The Morgan fingerprint density at radius 2 is 2.07 bits per heavy atom. The Morgan fingerprint density at radius 3 is 2.66 bits per heavy atom. The van der Waals surface area contributed by atoms with Crippen LogP contribution in [0.15, 0.2) is 47.1 Å². The molecule has 1 aliphatic carbocycles. The lowest BCUT2D eigenvalue weighted by Crippen LogP contribution is -2.24. The van der Waals surface area contributed by atoms with Gasteiger partial charge in [-0.15, -0.1) is 0 Å². The summed E-state index contributed by atoms with van der Waals surface area (Å²) in [7, 11) is 0. The van der Waals surface area contributed by atoms with Gasteiger partial charge in [0.15, 0.2) is 0 Å². The Kier molecular flexibility index (Phi) is 8.91. The monoisotopic (exact) mass is 402 g/mol. The molecule has 1 heterocycles. The molecule has 0 amide bonds. The molecule has 29 heavy (non-hydrogen) atoms. The number of aliphatic hydroxyl groups excluding tert-OH is 2. The summed E-state index contributed by atoms with van der Waals surface area (Å²) in [6, 6.07) is 0. The molecule has 0 aromatic rings. The Bertz CT molecular complexity index is 685. The molecule has 3 atom stereocenters. The molecular weight excluding hydrogens is 364 g/mol. The van der Waals surface area contributed by atoms with Crippen LogP contribution in [0.2, 0.25) is 0 Å². The van der Waals surface area contributed by atoms with Crippen LogP contribution >= 0.6 is 0 Å². The third-order valence-electron chi connectivity index (χ3n) is 6.96. The largest absolute Gasteiger partial charge is 0.454 e. The molecule has 0 radical (unpaired) electrons. The van der Waals surface area contributed by atoms with E-state index < -0.39 is 12.1 Å². The van der Waals surface area contributed by atoms with Crippen LogP contribution in [-0.4, -0.2) is 35.5 Å². The minimum absolute atomic E-state index is 0.00200. The molecule has 0 spiro atoms. The van der Waals surface area contributed by atoms with Gasteiger partial charge < -0.3 is 14.9 Å². The fraction of sp³-hybridized carbons (Fsp3) is 0.640. The summed E-state index contributed by atoms with van der Waals surface area (Å²) in [4.78, 5) is 11.3. The number of cyclic esters (lactones) is 1. The van der Waals surface area contributed by atoms with Crippen molar-refractivity contribution in [2.24, 2.45) is 11.3 Å². The molecule has 1 saturated carbocycles. The van der Waals surface area contributed by atoms with E-state index in [9.17, 15) is 15.0 Å². The lowest BCUT2D eigenvalue weighted by molar-refractivity contribution is -0.138. The predicted octanol–water partition coefficient (Wildman–Crippen LogP) is 5.03. The van der Waals surface area contributed by atoms with Gasteiger partial charge in [0.25, 0.3) is 0 Å². The zero-order valence-electron chi connectivity index (χ0n) is 18.4. The lowest BCUT2D eigenvalue weighted by Gasteiger charge is -2.35. The van der Waals surface area contributed by atoms with Gasteiger partial charge in [-0.3, -0.25) is 0 Å². The van der Waals surface area contributed by atoms with E-state index in [1.54, 1.807) is 0 Å². The van der Waals surface area contributed by atoms with E-state index in [0.717, 1.165) is 30.8 Å². The number of carbonyl (C=O) groups excluding carboxylic acids is 1. The van der Waals surface area contributed by atoms with Gasteiger partial charge in [0.05, 0.1) is 13.2 Å². The summed E-state index contributed by atoms with van der Waals surface area (Å²) in [5.74, 6) is 0.319. The van der Waals surface area contributed by atoms with Crippen LogP contribution in [0.3, 0.4) is 0 Å². The molecule has 4 nitrogen and oxygen atoms in total. The zero-order valence-corrected chi connectivity index (χ0v) is 18.4. The van der Waals surface area contributed by atoms with Crippen molar-refractivity contribution in [2.75, 3.05) is 13.2 Å². The van der Waals surface area contributed by atoms with Crippen molar-refractivity contribution in [1.29, 1.82) is 0 Å². The van der Waals surface area contributed by atoms with Crippen molar-refractivity contribution in [3.63, 3.8) is 0 Å². The van der Waals surface area contributed by atoms with E-state index in [2.05, 4.69) is 33.4 Å². The summed E-state index contributed by atoms with van der Waals surface area (Å²) >= 11 is 0. The Balaban J connectivity index is 1.83. The van der Waals surface area contributed by atoms with E-state index in [1.165, 1.54) is 42.9 Å². The number of esters is 1. The van der Waals surface area contributed by atoms with Crippen LogP contribution in [0, 0.1) is 11.3 Å². The maximum absolute atomic E-state index is 11.3. The highest BCUT2D eigenvalue weighted by Crippen LogP contribution is 2.51. The lowest BCUT2D eigenvalue weighted by atomic mass is 9.70. The highest BCUT2D eigenvalue weighted by molar-refractivity contribution is 5.85. The van der Waals surface area contributed by atoms with Crippen LogP contribution in [0.5, 0.6) is 0 Å².